The molecule has 0 radical (unpaired) electrons. The van der Waals surface area contributed by atoms with Gasteiger partial charge in [0.2, 0.25) is 0 Å². The summed E-state index contributed by atoms with van der Waals surface area (Å²) in [4.78, 5) is 40.3. The number of hydrogen-bond acceptors (Lipinski definition) is 5. The first-order valence-corrected chi connectivity index (χ1v) is 10.1. The SMILES string of the molecule is CCOC(=O)c1c(NC(=O)c2ccccc2C)sc(C(=O)N(CC)CC)c1C. The van der Waals surface area contributed by atoms with Crippen LogP contribution in [0.2, 0.25) is 0 Å². The number of carbonyl (C=O) groups is 3. The molecule has 1 heterocycles. The molecule has 0 bridgehead atoms. The van der Waals surface area contributed by atoms with E-state index < -0.39 is 5.97 Å². The molecule has 0 aliphatic heterocycles. The van der Waals surface area contributed by atoms with Crippen LogP contribution in [0.1, 0.15) is 62.3 Å². The second-order valence-corrected chi connectivity index (χ2v) is 7.25. The van der Waals surface area contributed by atoms with E-state index in [0.717, 1.165) is 16.9 Å². The van der Waals surface area contributed by atoms with Crippen LogP contribution in [0.15, 0.2) is 24.3 Å². The molecule has 0 aliphatic carbocycles. The largest absolute Gasteiger partial charge is 0.462 e. The van der Waals surface area contributed by atoms with E-state index in [4.69, 9.17) is 4.74 Å². The summed E-state index contributed by atoms with van der Waals surface area (Å²) in [5, 5.41) is 3.14. The van der Waals surface area contributed by atoms with Gasteiger partial charge in [0.1, 0.15) is 5.00 Å². The number of hydrogen-bond donors (Lipinski definition) is 1. The Morgan fingerprint density at radius 2 is 1.71 bits per heavy atom. The zero-order valence-electron chi connectivity index (χ0n) is 16.9. The quantitative estimate of drug-likeness (QED) is 0.702. The van der Waals surface area contributed by atoms with Crippen LogP contribution in [0.3, 0.4) is 0 Å². The summed E-state index contributed by atoms with van der Waals surface area (Å²) >= 11 is 1.11. The van der Waals surface area contributed by atoms with Crippen LogP contribution in [0.4, 0.5) is 5.00 Å². The third-order valence-corrected chi connectivity index (χ3v) is 5.68. The maximum Gasteiger partial charge on any atom is 0.341 e. The van der Waals surface area contributed by atoms with Crippen molar-refractivity contribution in [3.63, 3.8) is 0 Å². The molecule has 2 amide bonds. The lowest BCUT2D eigenvalue weighted by Gasteiger charge is -2.18. The number of nitrogens with one attached hydrogen (secondary N) is 1. The number of aryl methyl sites for hydroxylation is 1. The van der Waals surface area contributed by atoms with Crippen LogP contribution in [0, 0.1) is 13.8 Å². The van der Waals surface area contributed by atoms with E-state index >= 15 is 0 Å². The molecule has 28 heavy (non-hydrogen) atoms. The summed E-state index contributed by atoms with van der Waals surface area (Å²) in [5.74, 6) is -1.03. The minimum atomic E-state index is -0.546. The molecule has 0 atom stereocenters. The molecule has 2 aromatic rings. The molecule has 0 saturated heterocycles. The van der Waals surface area contributed by atoms with Gasteiger partial charge in [0.25, 0.3) is 11.8 Å². The Morgan fingerprint density at radius 3 is 2.29 bits per heavy atom. The Kier molecular flexibility index (Phi) is 7.34. The number of amides is 2. The molecule has 0 aliphatic rings. The molecule has 0 unspecified atom stereocenters. The van der Waals surface area contributed by atoms with Crippen LogP contribution < -0.4 is 5.32 Å². The van der Waals surface area contributed by atoms with Gasteiger partial charge in [-0.25, -0.2) is 4.79 Å². The van der Waals surface area contributed by atoms with Gasteiger partial charge in [0.05, 0.1) is 17.0 Å². The zero-order valence-corrected chi connectivity index (χ0v) is 17.7. The fourth-order valence-corrected chi connectivity index (χ4v) is 4.07. The van der Waals surface area contributed by atoms with Crippen molar-refractivity contribution < 1.29 is 19.1 Å². The summed E-state index contributed by atoms with van der Waals surface area (Å²) in [5.41, 5.74) is 2.11. The van der Waals surface area contributed by atoms with Gasteiger partial charge in [-0.05, 0) is 51.8 Å². The van der Waals surface area contributed by atoms with E-state index in [2.05, 4.69) is 5.32 Å². The van der Waals surface area contributed by atoms with Crippen LogP contribution >= 0.6 is 11.3 Å². The lowest BCUT2D eigenvalue weighted by Crippen LogP contribution is -2.30. The fourth-order valence-electron chi connectivity index (χ4n) is 2.91. The molecule has 1 aromatic carbocycles. The summed E-state index contributed by atoms with van der Waals surface area (Å²) in [6.07, 6.45) is 0. The third kappa shape index (κ3) is 4.42. The number of ether oxygens (including phenoxy) is 1. The number of esters is 1. The maximum atomic E-state index is 12.9. The van der Waals surface area contributed by atoms with Crippen molar-refractivity contribution in [3.8, 4) is 0 Å². The van der Waals surface area contributed by atoms with Crippen molar-refractivity contribution in [2.75, 3.05) is 25.0 Å². The number of anilines is 1. The molecular weight excluding hydrogens is 376 g/mol. The first-order chi connectivity index (χ1) is 13.3. The highest BCUT2D eigenvalue weighted by atomic mass is 32.1. The summed E-state index contributed by atoms with van der Waals surface area (Å²) < 4.78 is 5.16. The molecule has 7 heteroatoms. The minimum Gasteiger partial charge on any atom is -0.462 e. The van der Waals surface area contributed by atoms with Crippen molar-refractivity contribution in [1.29, 1.82) is 0 Å². The predicted octanol–water partition coefficient (Wildman–Crippen LogP) is 4.28. The second kappa shape index (κ2) is 9.50. The van der Waals surface area contributed by atoms with Gasteiger partial charge >= 0.3 is 5.97 Å². The average molecular weight is 403 g/mol. The van der Waals surface area contributed by atoms with Crippen molar-refractivity contribution in [3.05, 3.63) is 51.4 Å². The smallest absolute Gasteiger partial charge is 0.341 e. The molecule has 6 nitrogen and oxygen atoms in total. The molecule has 1 aromatic heterocycles. The summed E-state index contributed by atoms with van der Waals surface area (Å²) in [6.45, 7) is 10.4. The van der Waals surface area contributed by atoms with Gasteiger partial charge in [0.15, 0.2) is 0 Å². The highest BCUT2D eigenvalue weighted by Gasteiger charge is 2.28. The first-order valence-electron chi connectivity index (χ1n) is 9.32. The minimum absolute atomic E-state index is 0.158. The summed E-state index contributed by atoms with van der Waals surface area (Å²) in [6, 6.07) is 7.20. The van der Waals surface area contributed by atoms with Gasteiger partial charge in [-0.1, -0.05) is 18.2 Å². The van der Waals surface area contributed by atoms with Crippen molar-refractivity contribution in [2.45, 2.75) is 34.6 Å². The lowest BCUT2D eigenvalue weighted by molar-refractivity contribution is 0.0527. The Labute approximate surface area is 169 Å². The lowest BCUT2D eigenvalue weighted by atomic mass is 10.1. The van der Waals surface area contributed by atoms with Crippen LogP contribution in [-0.4, -0.2) is 42.4 Å². The van der Waals surface area contributed by atoms with Crippen LogP contribution in [-0.2, 0) is 4.74 Å². The molecule has 0 spiro atoms. The van der Waals surface area contributed by atoms with E-state index in [1.807, 2.05) is 32.9 Å². The highest BCUT2D eigenvalue weighted by Crippen LogP contribution is 2.35. The third-order valence-electron chi connectivity index (χ3n) is 4.49. The van der Waals surface area contributed by atoms with Crippen LogP contribution in [0.5, 0.6) is 0 Å². The number of benzene rings is 1. The van der Waals surface area contributed by atoms with Gasteiger partial charge in [-0.3, -0.25) is 9.59 Å². The summed E-state index contributed by atoms with van der Waals surface area (Å²) in [7, 11) is 0. The van der Waals surface area contributed by atoms with Crippen molar-refractivity contribution in [1.82, 2.24) is 4.90 Å². The second-order valence-electron chi connectivity index (χ2n) is 6.23. The Hall–Kier alpha value is -2.67. The van der Waals surface area contributed by atoms with Crippen molar-refractivity contribution >= 4 is 34.1 Å². The van der Waals surface area contributed by atoms with E-state index in [1.54, 1.807) is 30.9 Å². The Bertz CT molecular complexity index is 885. The average Bonchev–Trinajstić information content (AvgIpc) is 2.99. The van der Waals surface area contributed by atoms with E-state index in [0.29, 0.717) is 34.1 Å². The Balaban J connectivity index is 2.48. The standard InChI is InChI=1S/C21H26N2O4S/c1-6-23(7-2)20(25)17-14(5)16(21(26)27-8-3)19(28-17)22-18(24)15-12-10-9-11-13(15)4/h9-12H,6-8H2,1-5H3,(H,22,24). The fraction of sp³-hybridized carbons (Fsp3) is 0.381. The van der Waals surface area contributed by atoms with Crippen LogP contribution in [0.25, 0.3) is 0 Å². The predicted molar refractivity (Wildman–Crippen MR) is 111 cm³/mol. The maximum absolute atomic E-state index is 12.9. The number of nitrogens with zero attached hydrogens (tertiary/aromatic N) is 1. The zero-order chi connectivity index (χ0) is 20.8. The van der Waals surface area contributed by atoms with Gasteiger partial charge in [-0.2, -0.15) is 0 Å². The van der Waals surface area contributed by atoms with E-state index in [1.165, 1.54) is 0 Å². The molecule has 0 saturated carbocycles. The van der Waals surface area contributed by atoms with E-state index in [9.17, 15) is 14.4 Å². The Morgan fingerprint density at radius 1 is 1.07 bits per heavy atom. The van der Waals surface area contributed by atoms with Gasteiger partial charge in [-0.15, -0.1) is 11.3 Å². The number of thiophene rings is 1. The number of rotatable bonds is 7. The van der Waals surface area contributed by atoms with Gasteiger partial charge in [0, 0.05) is 18.7 Å². The molecular formula is C21H26N2O4S. The molecule has 1 N–H and O–H groups in total. The van der Waals surface area contributed by atoms with E-state index in [-0.39, 0.29) is 24.0 Å². The number of carbonyl (C=O) groups excluding carboxylic acids is 3. The highest BCUT2D eigenvalue weighted by molar-refractivity contribution is 7.18. The normalized spacial score (nSPS) is 10.5. The first kappa shape index (κ1) is 21.6. The topological polar surface area (TPSA) is 75.7 Å². The molecule has 2 rings (SSSR count). The van der Waals surface area contributed by atoms with Gasteiger partial charge < -0.3 is 15.0 Å². The van der Waals surface area contributed by atoms with Crippen molar-refractivity contribution in [2.24, 2.45) is 0 Å². The molecule has 0 fully saturated rings. The monoisotopic (exact) mass is 402 g/mol. The molecule has 150 valence electrons.